The lowest BCUT2D eigenvalue weighted by molar-refractivity contribution is 0.396. The Hall–Kier alpha value is -2.52. The second-order valence-corrected chi connectivity index (χ2v) is 6.42. The Morgan fingerprint density at radius 3 is 3.00 bits per heavy atom. The van der Waals surface area contributed by atoms with Crippen LogP contribution in [0.1, 0.15) is 18.4 Å². The molecule has 1 aromatic heterocycles. The van der Waals surface area contributed by atoms with E-state index in [1.807, 2.05) is 25.2 Å². The lowest BCUT2D eigenvalue weighted by atomic mass is 10.0. The van der Waals surface area contributed by atoms with E-state index in [0.717, 1.165) is 37.4 Å². The third kappa shape index (κ3) is 3.62. The Bertz CT molecular complexity index is 791. The van der Waals surface area contributed by atoms with Gasteiger partial charge in [-0.2, -0.15) is 5.26 Å². The summed E-state index contributed by atoms with van der Waals surface area (Å²) in [6.45, 7) is 1.71. The fourth-order valence-corrected chi connectivity index (χ4v) is 3.41. The van der Waals surface area contributed by atoms with Crippen molar-refractivity contribution >= 4 is 23.1 Å². The Balaban J connectivity index is 1.82. The van der Waals surface area contributed by atoms with Crippen molar-refractivity contribution < 1.29 is 4.74 Å². The molecule has 1 aliphatic rings. The predicted octanol–water partition coefficient (Wildman–Crippen LogP) is 3.12. The van der Waals surface area contributed by atoms with Crippen molar-refractivity contribution in [2.24, 2.45) is 0 Å². The number of rotatable bonds is 4. The van der Waals surface area contributed by atoms with Gasteiger partial charge in [0.15, 0.2) is 0 Å². The fourth-order valence-electron chi connectivity index (χ4n) is 3.20. The van der Waals surface area contributed by atoms with Crippen molar-refractivity contribution in [2.75, 3.05) is 37.0 Å². The van der Waals surface area contributed by atoms with E-state index >= 15 is 0 Å². The minimum absolute atomic E-state index is 0.277. The first-order valence-electron chi connectivity index (χ1n) is 8.16. The molecule has 0 aliphatic carbocycles. The molecule has 0 N–H and O–H groups in total. The molecule has 1 atom stereocenters. The second-order valence-electron chi connectivity index (χ2n) is 6.02. The van der Waals surface area contributed by atoms with Crippen LogP contribution in [-0.4, -0.2) is 43.3 Å². The number of nitriles is 1. The zero-order valence-corrected chi connectivity index (χ0v) is 15.1. The molecule has 6 nitrogen and oxygen atoms in total. The zero-order chi connectivity index (χ0) is 17.8. The van der Waals surface area contributed by atoms with Gasteiger partial charge in [-0.3, -0.25) is 0 Å². The fraction of sp³-hybridized carbons (Fsp3) is 0.389. The van der Waals surface area contributed by atoms with E-state index < -0.39 is 0 Å². The topological polar surface area (TPSA) is 65.3 Å². The van der Waals surface area contributed by atoms with Crippen LogP contribution in [0.4, 0.5) is 11.5 Å². The quantitative estimate of drug-likeness (QED) is 0.837. The standard InChI is InChI=1S/C18H20ClN5O/c1-23(17-9-18(25-2)22-12-21-17)13-5-4-8-24(11-13)16-7-3-6-15(19)14(16)10-20/h3,6-7,9,12-13H,4-5,8,11H2,1-2H3. The molecule has 0 bridgehead atoms. The molecule has 2 aromatic rings. The number of anilines is 2. The monoisotopic (exact) mass is 357 g/mol. The Kier molecular flexibility index (Phi) is 5.25. The van der Waals surface area contributed by atoms with Crippen molar-refractivity contribution in [3.05, 3.63) is 41.2 Å². The molecule has 1 unspecified atom stereocenters. The number of ether oxygens (including phenoxy) is 1. The normalized spacial score (nSPS) is 17.0. The van der Waals surface area contributed by atoms with Crippen molar-refractivity contribution in [3.63, 3.8) is 0 Å². The van der Waals surface area contributed by atoms with Crippen LogP contribution < -0.4 is 14.5 Å². The van der Waals surface area contributed by atoms with Crippen molar-refractivity contribution in [2.45, 2.75) is 18.9 Å². The summed E-state index contributed by atoms with van der Waals surface area (Å²) in [4.78, 5) is 12.8. The maximum Gasteiger partial charge on any atom is 0.218 e. The lowest BCUT2D eigenvalue weighted by Crippen LogP contribution is -2.47. The third-order valence-corrected chi connectivity index (χ3v) is 4.90. The van der Waals surface area contributed by atoms with Crippen LogP contribution in [0.2, 0.25) is 5.02 Å². The smallest absolute Gasteiger partial charge is 0.218 e. The molecular formula is C18H20ClN5O. The first-order chi connectivity index (χ1) is 12.1. The van der Waals surface area contributed by atoms with E-state index in [0.29, 0.717) is 16.5 Å². The van der Waals surface area contributed by atoms with Gasteiger partial charge in [-0.05, 0) is 25.0 Å². The Labute approximate surface area is 152 Å². The second kappa shape index (κ2) is 7.58. The lowest BCUT2D eigenvalue weighted by Gasteiger charge is -2.39. The highest BCUT2D eigenvalue weighted by Gasteiger charge is 2.26. The molecule has 25 heavy (non-hydrogen) atoms. The van der Waals surface area contributed by atoms with Gasteiger partial charge in [0.1, 0.15) is 18.2 Å². The number of aromatic nitrogens is 2. The van der Waals surface area contributed by atoms with Gasteiger partial charge in [0.05, 0.1) is 23.4 Å². The average Bonchev–Trinajstić information content (AvgIpc) is 2.67. The third-order valence-electron chi connectivity index (χ3n) is 4.59. The molecule has 2 heterocycles. The zero-order valence-electron chi connectivity index (χ0n) is 14.3. The van der Waals surface area contributed by atoms with Crippen LogP contribution in [-0.2, 0) is 0 Å². The summed E-state index contributed by atoms with van der Waals surface area (Å²) in [6.07, 6.45) is 3.60. The molecule has 1 aromatic carbocycles. The maximum atomic E-state index is 9.44. The van der Waals surface area contributed by atoms with Gasteiger partial charge in [0, 0.05) is 32.2 Å². The SMILES string of the molecule is COc1cc(N(C)C2CCCN(c3cccc(Cl)c3C#N)C2)ncn1. The van der Waals surface area contributed by atoms with Crippen LogP contribution in [0.3, 0.4) is 0 Å². The van der Waals surface area contributed by atoms with Gasteiger partial charge in [-0.15, -0.1) is 0 Å². The van der Waals surface area contributed by atoms with Gasteiger partial charge < -0.3 is 14.5 Å². The van der Waals surface area contributed by atoms with Gasteiger partial charge >= 0.3 is 0 Å². The highest BCUT2D eigenvalue weighted by atomic mass is 35.5. The van der Waals surface area contributed by atoms with Crippen LogP contribution in [0.15, 0.2) is 30.6 Å². The molecule has 1 saturated heterocycles. The van der Waals surface area contributed by atoms with Crippen LogP contribution in [0, 0.1) is 11.3 Å². The first-order valence-corrected chi connectivity index (χ1v) is 8.54. The number of hydrogen-bond donors (Lipinski definition) is 0. The van der Waals surface area contributed by atoms with Gasteiger partial charge in [0.25, 0.3) is 0 Å². The summed E-state index contributed by atoms with van der Waals surface area (Å²) in [6, 6.07) is 9.94. The number of hydrogen-bond acceptors (Lipinski definition) is 6. The van der Waals surface area contributed by atoms with Gasteiger partial charge in [-0.25, -0.2) is 9.97 Å². The number of likely N-dealkylation sites (N-methyl/N-ethyl adjacent to an activating group) is 1. The molecular weight excluding hydrogens is 338 g/mol. The number of halogens is 1. The largest absolute Gasteiger partial charge is 0.481 e. The van der Waals surface area contributed by atoms with E-state index in [9.17, 15) is 5.26 Å². The van der Waals surface area contributed by atoms with E-state index in [1.54, 1.807) is 13.2 Å². The average molecular weight is 358 g/mol. The van der Waals surface area contributed by atoms with Crippen LogP contribution >= 0.6 is 11.6 Å². The van der Waals surface area contributed by atoms with Crippen molar-refractivity contribution in [1.29, 1.82) is 5.26 Å². The van der Waals surface area contributed by atoms with Crippen LogP contribution in [0.5, 0.6) is 5.88 Å². The summed E-state index contributed by atoms with van der Waals surface area (Å²) in [5, 5.41) is 9.93. The highest BCUT2D eigenvalue weighted by molar-refractivity contribution is 6.32. The Morgan fingerprint density at radius 2 is 2.24 bits per heavy atom. The molecule has 1 aliphatic heterocycles. The van der Waals surface area contributed by atoms with Gasteiger partial charge in [0.2, 0.25) is 5.88 Å². The predicted molar refractivity (Wildman–Crippen MR) is 98.4 cm³/mol. The first kappa shape index (κ1) is 17.3. The molecule has 0 saturated carbocycles. The minimum Gasteiger partial charge on any atom is -0.481 e. The molecule has 0 amide bonds. The summed E-state index contributed by atoms with van der Waals surface area (Å²) >= 11 is 6.19. The maximum absolute atomic E-state index is 9.44. The molecule has 130 valence electrons. The molecule has 0 radical (unpaired) electrons. The minimum atomic E-state index is 0.277. The summed E-state index contributed by atoms with van der Waals surface area (Å²) < 4.78 is 5.19. The molecule has 7 heteroatoms. The van der Waals surface area contributed by atoms with Crippen molar-refractivity contribution in [1.82, 2.24) is 9.97 Å². The van der Waals surface area contributed by atoms with Crippen molar-refractivity contribution in [3.8, 4) is 11.9 Å². The molecule has 3 rings (SSSR count). The molecule has 1 fully saturated rings. The van der Waals surface area contributed by atoms with Crippen LogP contribution in [0.25, 0.3) is 0 Å². The van der Waals surface area contributed by atoms with E-state index in [2.05, 4.69) is 25.8 Å². The number of methoxy groups -OCH3 is 1. The van der Waals surface area contributed by atoms with E-state index in [4.69, 9.17) is 16.3 Å². The summed E-state index contributed by atoms with van der Waals surface area (Å²) in [5.74, 6) is 1.37. The Morgan fingerprint density at radius 1 is 1.40 bits per heavy atom. The van der Waals surface area contributed by atoms with E-state index in [-0.39, 0.29) is 6.04 Å². The number of nitrogens with zero attached hydrogens (tertiary/aromatic N) is 5. The van der Waals surface area contributed by atoms with E-state index in [1.165, 1.54) is 6.33 Å². The number of piperidine rings is 1. The summed E-state index contributed by atoms with van der Waals surface area (Å²) in [7, 11) is 3.62. The van der Waals surface area contributed by atoms with Gasteiger partial charge in [-0.1, -0.05) is 17.7 Å². The summed E-state index contributed by atoms with van der Waals surface area (Å²) in [5.41, 5.74) is 1.43. The highest BCUT2D eigenvalue weighted by Crippen LogP contribution is 2.30. The molecule has 0 spiro atoms. The number of benzene rings is 1.